The van der Waals surface area contributed by atoms with Crippen LogP contribution in [-0.2, 0) is 11.4 Å². The fourth-order valence-electron chi connectivity index (χ4n) is 3.76. The van der Waals surface area contributed by atoms with Crippen LogP contribution in [-0.4, -0.2) is 36.2 Å². The zero-order valence-electron chi connectivity index (χ0n) is 22.8. The van der Waals surface area contributed by atoms with Gasteiger partial charge in [0.1, 0.15) is 12.9 Å². The second kappa shape index (κ2) is 16.0. The van der Waals surface area contributed by atoms with Gasteiger partial charge in [-0.2, -0.15) is 0 Å². The maximum Gasteiger partial charge on any atom is 0.311 e. The minimum absolute atomic E-state index is 0.0603. The average molecular weight is 518 g/mol. The van der Waals surface area contributed by atoms with E-state index in [2.05, 4.69) is 35.9 Å². The summed E-state index contributed by atoms with van der Waals surface area (Å²) in [6, 6.07) is 24.8. The monoisotopic (exact) mass is 517 g/mol. The summed E-state index contributed by atoms with van der Waals surface area (Å²) in [5.41, 5.74) is 3.46. The lowest BCUT2D eigenvalue weighted by Crippen LogP contribution is -2.31. The molecule has 0 saturated carbocycles. The van der Waals surface area contributed by atoms with Gasteiger partial charge in [-0.1, -0.05) is 81.1 Å². The van der Waals surface area contributed by atoms with E-state index in [4.69, 9.17) is 4.74 Å². The van der Waals surface area contributed by atoms with Gasteiger partial charge in [0.15, 0.2) is 5.75 Å². The molecular weight excluding hydrogens is 478 g/mol. The number of likely N-dealkylation sites (N-methyl/N-ethyl adjacent to an activating group) is 1. The molecule has 38 heavy (non-hydrogen) atoms. The predicted molar refractivity (Wildman–Crippen MR) is 154 cm³/mol. The van der Waals surface area contributed by atoms with Crippen molar-refractivity contribution in [1.29, 1.82) is 0 Å². The highest BCUT2D eigenvalue weighted by atomic mass is 16.6. The van der Waals surface area contributed by atoms with Crippen LogP contribution in [0.25, 0.3) is 5.70 Å². The summed E-state index contributed by atoms with van der Waals surface area (Å²) < 4.78 is 5.77. The van der Waals surface area contributed by atoms with Gasteiger partial charge in [0.25, 0.3) is 0 Å². The molecule has 0 heterocycles. The Labute approximate surface area is 226 Å². The number of nitro groups is 1. The van der Waals surface area contributed by atoms with Crippen molar-refractivity contribution in [2.45, 2.75) is 39.8 Å². The molecule has 0 aliphatic rings. The van der Waals surface area contributed by atoms with E-state index in [9.17, 15) is 14.9 Å². The van der Waals surface area contributed by atoms with E-state index in [0.717, 1.165) is 29.7 Å². The van der Waals surface area contributed by atoms with E-state index in [0.29, 0.717) is 24.4 Å². The second-order valence-corrected chi connectivity index (χ2v) is 9.34. The number of carbonyl (C=O) groups is 1. The lowest BCUT2D eigenvalue weighted by molar-refractivity contribution is -0.386. The molecule has 0 aliphatic heterocycles. The third-order valence-corrected chi connectivity index (χ3v) is 5.99. The zero-order chi connectivity index (χ0) is 27.9. The van der Waals surface area contributed by atoms with E-state index in [1.165, 1.54) is 0 Å². The van der Waals surface area contributed by atoms with Crippen molar-refractivity contribution < 1.29 is 14.5 Å². The number of ether oxygens (including phenoxy) is 1. The van der Waals surface area contributed by atoms with Crippen LogP contribution >= 0.6 is 0 Å². The Morgan fingerprint density at radius 1 is 1.05 bits per heavy atom. The molecule has 0 aliphatic carbocycles. The molecule has 3 aromatic rings. The van der Waals surface area contributed by atoms with Gasteiger partial charge in [-0.25, -0.2) is 0 Å². The summed E-state index contributed by atoms with van der Waals surface area (Å²) in [5.74, 6) is 0.774. The highest BCUT2D eigenvalue weighted by Crippen LogP contribution is 2.34. The average Bonchev–Trinajstić information content (AvgIpc) is 2.93. The fraction of sp³-hybridized carbons (Fsp3) is 0.323. The number of nitrogens with one attached hydrogen (secondary N) is 1. The molecule has 1 atom stereocenters. The Morgan fingerprint density at radius 3 is 2.21 bits per heavy atom. The minimum atomic E-state index is -0.407. The lowest BCUT2D eigenvalue weighted by Gasteiger charge is -2.33. The second-order valence-electron chi connectivity index (χ2n) is 9.34. The van der Waals surface area contributed by atoms with Crippen LogP contribution in [0.1, 0.15) is 49.9 Å². The van der Waals surface area contributed by atoms with E-state index in [1.54, 1.807) is 12.1 Å². The number of nitrogens with zero attached hydrogens (tertiary/aromatic N) is 2. The van der Waals surface area contributed by atoms with Gasteiger partial charge >= 0.3 is 5.69 Å². The van der Waals surface area contributed by atoms with Crippen LogP contribution in [0.15, 0.2) is 85.4 Å². The van der Waals surface area contributed by atoms with Crippen LogP contribution in [0.3, 0.4) is 0 Å². The molecule has 0 spiro atoms. The summed E-state index contributed by atoms with van der Waals surface area (Å²) in [5, 5.41) is 14.9. The normalized spacial score (nSPS) is 11.2. The Kier molecular flexibility index (Phi) is 12.7. The molecule has 0 saturated heterocycles. The third-order valence-electron chi connectivity index (χ3n) is 5.99. The van der Waals surface area contributed by atoms with Crippen molar-refractivity contribution >= 4 is 17.7 Å². The molecule has 202 valence electrons. The maximum atomic E-state index is 11.8. The first kappa shape index (κ1) is 30.3. The number of nitro benzene ring substituents is 1. The highest BCUT2D eigenvalue weighted by molar-refractivity contribution is 5.67. The van der Waals surface area contributed by atoms with Gasteiger partial charge in [-0.05, 0) is 43.1 Å². The molecule has 0 amide bonds. The molecule has 3 aromatic carbocycles. The van der Waals surface area contributed by atoms with Gasteiger partial charge in [0, 0.05) is 36.8 Å². The molecule has 0 bridgehead atoms. The van der Waals surface area contributed by atoms with Crippen molar-refractivity contribution in [3.63, 3.8) is 0 Å². The van der Waals surface area contributed by atoms with Crippen molar-refractivity contribution in [3.8, 4) is 5.75 Å². The van der Waals surface area contributed by atoms with Crippen molar-refractivity contribution in [2.75, 3.05) is 20.1 Å². The third kappa shape index (κ3) is 9.48. The summed E-state index contributed by atoms with van der Waals surface area (Å²) in [6.07, 6.45) is 1.64. The van der Waals surface area contributed by atoms with Crippen molar-refractivity contribution in [1.82, 2.24) is 10.2 Å². The summed E-state index contributed by atoms with van der Waals surface area (Å²) in [4.78, 5) is 23.1. The van der Waals surface area contributed by atoms with Crippen LogP contribution in [0, 0.1) is 16.0 Å². The first-order valence-electron chi connectivity index (χ1n) is 12.8. The molecule has 0 fully saturated rings. The Balaban J connectivity index is 0.000000757. The molecule has 7 nitrogen and oxygen atoms in total. The number of hydrogen-bond donors (Lipinski definition) is 1. The number of carbonyl (C=O) groups excluding carboxylic acids is 1. The molecule has 7 heteroatoms. The van der Waals surface area contributed by atoms with E-state index < -0.39 is 4.92 Å². The van der Waals surface area contributed by atoms with Crippen LogP contribution < -0.4 is 10.1 Å². The molecule has 3 rings (SSSR count). The highest BCUT2D eigenvalue weighted by Gasteiger charge is 2.22. The number of aldehydes is 1. The lowest BCUT2D eigenvalue weighted by atomic mass is 10.0. The quantitative estimate of drug-likeness (QED) is 0.155. The molecule has 1 N–H and O–H groups in total. The molecular formula is C31H39N3O4. The Hall–Kier alpha value is -3.97. The van der Waals surface area contributed by atoms with Gasteiger partial charge in [0.2, 0.25) is 0 Å². The van der Waals surface area contributed by atoms with Gasteiger partial charge in [0.05, 0.1) is 11.0 Å². The molecule has 0 radical (unpaired) electrons. The zero-order valence-corrected chi connectivity index (χ0v) is 22.8. The van der Waals surface area contributed by atoms with Crippen LogP contribution in [0.2, 0.25) is 0 Å². The number of benzene rings is 3. The maximum absolute atomic E-state index is 11.8. The fourth-order valence-corrected chi connectivity index (χ4v) is 3.76. The van der Waals surface area contributed by atoms with E-state index in [-0.39, 0.29) is 24.1 Å². The molecule has 0 aromatic heterocycles. The summed E-state index contributed by atoms with van der Waals surface area (Å²) in [6.45, 7) is 12.2. The summed E-state index contributed by atoms with van der Waals surface area (Å²) >= 11 is 0. The van der Waals surface area contributed by atoms with Gasteiger partial charge < -0.3 is 19.7 Å². The van der Waals surface area contributed by atoms with E-state index in [1.807, 2.05) is 75.5 Å². The van der Waals surface area contributed by atoms with Crippen molar-refractivity contribution in [2.24, 2.45) is 5.92 Å². The standard InChI is InChI=1S/C26H29N3O3.C5H10O/c1-20(23-12-8-5-9-13-23)28(17-16-27-3)21(2)24-14-15-26(25(18-24)29(30)31)32-19-22-10-6-4-7-11-22;1-5(2)3-4-6/h4-15,18,20,27H,2,16-17,19H2,1,3H3;4-5H,3H2,1-2H3. The van der Waals surface area contributed by atoms with Gasteiger partial charge in [-0.3, -0.25) is 10.1 Å². The topological polar surface area (TPSA) is 84.7 Å². The smallest absolute Gasteiger partial charge is 0.311 e. The Morgan fingerprint density at radius 2 is 1.68 bits per heavy atom. The van der Waals surface area contributed by atoms with E-state index >= 15 is 0 Å². The Bertz CT molecular complexity index is 1150. The van der Waals surface area contributed by atoms with Crippen LogP contribution in [0.4, 0.5) is 5.69 Å². The predicted octanol–water partition coefficient (Wildman–Crippen LogP) is 6.66. The number of hydrogen-bond acceptors (Lipinski definition) is 6. The number of rotatable bonds is 13. The SMILES string of the molecule is C=C(c1ccc(OCc2ccccc2)c([N+](=O)[O-])c1)N(CCNC)C(C)c1ccccc1.CC(C)CC=O. The first-order chi connectivity index (χ1) is 18.3. The minimum Gasteiger partial charge on any atom is -0.482 e. The largest absolute Gasteiger partial charge is 0.482 e. The summed E-state index contributed by atoms with van der Waals surface area (Å²) in [7, 11) is 1.90. The van der Waals surface area contributed by atoms with Crippen LogP contribution in [0.5, 0.6) is 5.75 Å². The van der Waals surface area contributed by atoms with Crippen molar-refractivity contribution in [3.05, 3.63) is 112 Å². The first-order valence-corrected chi connectivity index (χ1v) is 12.8. The molecule has 1 unspecified atom stereocenters. The van der Waals surface area contributed by atoms with Gasteiger partial charge in [-0.15, -0.1) is 0 Å².